The van der Waals surface area contributed by atoms with Crippen LogP contribution in [-0.2, 0) is 30.2 Å². The van der Waals surface area contributed by atoms with Crippen LogP contribution in [0.2, 0.25) is 0 Å². The van der Waals surface area contributed by atoms with E-state index in [9.17, 15) is 19.2 Å². The van der Waals surface area contributed by atoms with Gasteiger partial charge in [-0.15, -0.1) is 0 Å². The van der Waals surface area contributed by atoms with Gasteiger partial charge in [-0.2, -0.15) is 0 Å². The summed E-state index contributed by atoms with van der Waals surface area (Å²) in [5, 5.41) is 0. The third kappa shape index (κ3) is 10.7. The molecule has 46 heavy (non-hydrogen) atoms. The standard InChI is InChI=1S/C38H42O8/c1-27(2)44-36(40)20-12-4-3-11-19-32-33(24-22-30(39)21-23-31-18-13-25-43-31)35(46-38(42)29-16-9-6-10-17-29)26-34(32)45-37(41)28-14-7-5-8-15-28/h3,5-11,13-18,22,24-25,27,32-35H,4,12,19-21,23,26H2,1-2H3/b11-3-,24-22+/t32-,33-,34+,35-/m1/s1. The molecule has 2 aromatic carbocycles. The van der Waals surface area contributed by atoms with Crippen molar-refractivity contribution in [2.75, 3.05) is 0 Å². The van der Waals surface area contributed by atoms with E-state index in [2.05, 4.69) is 0 Å². The van der Waals surface area contributed by atoms with Crippen LogP contribution in [0.4, 0.5) is 0 Å². The van der Waals surface area contributed by atoms with Crippen LogP contribution in [0.15, 0.2) is 108 Å². The highest BCUT2D eigenvalue weighted by atomic mass is 16.6. The van der Waals surface area contributed by atoms with Crippen LogP contribution in [-0.4, -0.2) is 42.0 Å². The smallest absolute Gasteiger partial charge is 0.338 e. The topological polar surface area (TPSA) is 109 Å². The lowest BCUT2D eigenvalue weighted by molar-refractivity contribution is -0.147. The van der Waals surface area contributed by atoms with Crippen molar-refractivity contribution in [3.8, 4) is 0 Å². The Morgan fingerprint density at radius 2 is 1.48 bits per heavy atom. The predicted molar refractivity (Wildman–Crippen MR) is 173 cm³/mol. The van der Waals surface area contributed by atoms with Crippen molar-refractivity contribution < 1.29 is 37.8 Å². The van der Waals surface area contributed by atoms with Crippen molar-refractivity contribution in [3.05, 3.63) is 120 Å². The fourth-order valence-corrected chi connectivity index (χ4v) is 5.54. The third-order valence-electron chi connectivity index (χ3n) is 7.80. The number of furan rings is 1. The number of unbranched alkanes of at least 4 members (excludes halogenated alkanes) is 1. The molecule has 3 aromatic rings. The summed E-state index contributed by atoms with van der Waals surface area (Å²) in [6, 6.07) is 21.1. The molecule has 1 saturated carbocycles. The summed E-state index contributed by atoms with van der Waals surface area (Å²) < 4.78 is 22.6. The summed E-state index contributed by atoms with van der Waals surface area (Å²) in [7, 11) is 0. The second-order valence-corrected chi connectivity index (χ2v) is 11.6. The van der Waals surface area contributed by atoms with Gasteiger partial charge in [0.05, 0.1) is 23.5 Å². The number of benzene rings is 2. The first-order valence-electron chi connectivity index (χ1n) is 15.9. The molecular weight excluding hydrogens is 584 g/mol. The molecule has 8 nitrogen and oxygen atoms in total. The van der Waals surface area contributed by atoms with Gasteiger partial charge in [-0.05, 0) is 75.6 Å². The maximum absolute atomic E-state index is 13.1. The first kappa shape index (κ1) is 34.2. The highest BCUT2D eigenvalue weighted by Crippen LogP contribution is 2.40. The summed E-state index contributed by atoms with van der Waals surface area (Å²) in [6.45, 7) is 3.64. The van der Waals surface area contributed by atoms with Crippen LogP contribution in [0.3, 0.4) is 0 Å². The predicted octanol–water partition coefficient (Wildman–Crippen LogP) is 7.49. The van der Waals surface area contributed by atoms with E-state index in [0.717, 1.165) is 5.76 Å². The molecule has 0 amide bonds. The Balaban J connectivity index is 1.52. The molecule has 0 aliphatic heterocycles. The number of esters is 3. The van der Waals surface area contributed by atoms with Crippen LogP contribution in [0.25, 0.3) is 0 Å². The Hall–Kier alpha value is -4.72. The van der Waals surface area contributed by atoms with E-state index in [1.807, 2.05) is 44.2 Å². The first-order chi connectivity index (χ1) is 22.3. The van der Waals surface area contributed by atoms with Gasteiger partial charge in [0.25, 0.3) is 0 Å². The number of carbonyl (C=O) groups excluding carboxylic acids is 4. The molecule has 0 spiro atoms. The van der Waals surface area contributed by atoms with Crippen LogP contribution < -0.4 is 0 Å². The molecule has 4 atom stereocenters. The minimum absolute atomic E-state index is 0.0863. The average molecular weight is 627 g/mol. The molecule has 0 radical (unpaired) electrons. The van der Waals surface area contributed by atoms with Crippen molar-refractivity contribution in [2.45, 2.75) is 77.1 Å². The molecule has 0 unspecified atom stereocenters. The summed E-state index contributed by atoms with van der Waals surface area (Å²) in [5.41, 5.74) is 0.840. The number of hydrogen-bond acceptors (Lipinski definition) is 8. The Labute approximate surface area is 270 Å². The van der Waals surface area contributed by atoms with Crippen LogP contribution in [0, 0.1) is 11.8 Å². The van der Waals surface area contributed by atoms with Crippen molar-refractivity contribution in [3.63, 3.8) is 0 Å². The lowest BCUT2D eigenvalue weighted by Crippen LogP contribution is -2.26. The van der Waals surface area contributed by atoms with Gasteiger partial charge < -0.3 is 18.6 Å². The lowest BCUT2D eigenvalue weighted by atomic mass is 9.89. The first-order valence-corrected chi connectivity index (χ1v) is 15.9. The van der Waals surface area contributed by atoms with Gasteiger partial charge in [0, 0.05) is 37.5 Å². The molecule has 0 bridgehead atoms. The maximum atomic E-state index is 13.1. The highest BCUT2D eigenvalue weighted by Gasteiger charge is 2.45. The normalized spacial score (nSPS) is 19.5. The van der Waals surface area contributed by atoms with E-state index in [1.54, 1.807) is 66.9 Å². The number of allylic oxidation sites excluding steroid dienone is 3. The molecule has 1 aliphatic rings. The Bertz CT molecular complexity index is 1460. The summed E-state index contributed by atoms with van der Waals surface area (Å²) in [6.07, 6.45) is 10.7. The van der Waals surface area contributed by atoms with Gasteiger partial charge in [0.1, 0.15) is 18.0 Å². The second-order valence-electron chi connectivity index (χ2n) is 11.6. The SMILES string of the molecule is CC(C)OC(=O)CCC/C=C\C[C@@H]1[C@@H](/C=C/C(=O)CCc2ccco2)[C@H](OC(=O)c2ccccc2)C[C@@H]1OC(=O)c1ccccc1. The molecule has 0 saturated heterocycles. The number of ether oxygens (including phenoxy) is 3. The van der Waals surface area contributed by atoms with Gasteiger partial charge in [0.15, 0.2) is 5.78 Å². The molecule has 1 aliphatic carbocycles. The molecule has 1 heterocycles. The average Bonchev–Trinajstić information content (AvgIpc) is 3.69. The van der Waals surface area contributed by atoms with Gasteiger partial charge in [0.2, 0.25) is 0 Å². The number of hydrogen-bond donors (Lipinski definition) is 0. The summed E-state index contributed by atoms with van der Waals surface area (Å²) >= 11 is 0. The molecular formula is C38H42O8. The fourth-order valence-electron chi connectivity index (χ4n) is 5.54. The third-order valence-corrected chi connectivity index (χ3v) is 7.80. The Morgan fingerprint density at radius 1 is 0.826 bits per heavy atom. The van der Waals surface area contributed by atoms with Gasteiger partial charge in [-0.1, -0.05) is 54.6 Å². The van der Waals surface area contributed by atoms with Crippen molar-refractivity contribution in [1.29, 1.82) is 0 Å². The monoisotopic (exact) mass is 626 g/mol. The second kappa shape index (κ2) is 17.7. The quantitative estimate of drug-likeness (QED) is 0.0529. The number of ketones is 1. The van der Waals surface area contributed by atoms with E-state index in [0.29, 0.717) is 43.2 Å². The van der Waals surface area contributed by atoms with E-state index in [-0.39, 0.29) is 42.5 Å². The summed E-state index contributed by atoms with van der Waals surface area (Å²) in [4.78, 5) is 51.1. The maximum Gasteiger partial charge on any atom is 0.338 e. The minimum atomic E-state index is -0.625. The van der Waals surface area contributed by atoms with Gasteiger partial charge in [-0.25, -0.2) is 9.59 Å². The highest BCUT2D eigenvalue weighted by molar-refractivity contribution is 5.91. The number of carbonyl (C=O) groups is 4. The summed E-state index contributed by atoms with van der Waals surface area (Å²) in [5.74, 6) is -1.18. The van der Waals surface area contributed by atoms with Crippen molar-refractivity contribution in [1.82, 2.24) is 0 Å². The van der Waals surface area contributed by atoms with Crippen molar-refractivity contribution >= 4 is 23.7 Å². The van der Waals surface area contributed by atoms with Crippen LogP contribution >= 0.6 is 0 Å². The minimum Gasteiger partial charge on any atom is -0.469 e. The molecule has 4 rings (SSSR count). The Morgan fingerprint density at radius 3 is 2.09 bits per heavy atom. The van der Waals surface area contributed by atoms with Gasteiger partial charge in [-0.3, -0.25) is 9.59 Å². The van der Waals surface area contributed by atoms with E-state index in [4.69, 9.17) is 18.6 Å². The molecule has 8 heteroatoms. The largest absolute Gasteiger partial charge is 0.469 e. The Kier molecular flexibility index (Phi) is 13.1. The van der Waals surface area contributed by atoms with E-state index in [1.165, 1.54) is 6.08 Å². The zero-order chi connectivity index (χ0) is 32.7. The van der Waals surface area contributed by atoms with Crippen LogP contribution in [0.1, 0.15) is 78.8 Å². The van der Waals surface area contributed by atoms with Crippen LogP contribution in [0.5, 0.6) is 0 Å². The molecule has 1 aromatic heterocycles. The zero-order valence-corrected chi connectivity index (χ0v) is 26.4. The lowest BCUT2D eigenvalue weighted by Gasteiger charge is -2.23. The zero-order valence-electron chi connectivity index (χ0n) is 26.4. The number of aryl methyl sites for hydroxylation is 1. The van der Waals surface area contributed by atoms with E-state index >= 15 is 0 Å². The number of rotatable bonds is 16. The van der Waals surface area contributed by atoms with Gasteiger partial charge >= 0.3 is 17.9 Å². The molecule has 0 N–H and O–H groups in total. The molecule has 242 valence electrons. The molecule has 1 fully saturated rings. The van der Waals surface area contributed by atoms with Crippen molar-refractivity contribution in [2.24, 2.45) is 11.8 Å². The van der Waals surface area contributed by atoms with E-state index < -0.39 is 24.1 Å². The fraction of sp³-hybridized carbons (Fsp3) is 0.368.